The zero-order chi connectivity index (χ0) is 20.9. The monoisotopic (exact) mass is 433 g/mol. The molecule has 1 aromatic carbocycles. The predicted octanol–water partition coefficient (Wildman–Crippen LogP) is 0.150. The fourth-order valence-electron chi connectivity index (χ4n) is 3.08. The Labute approximate surface area is 166 Å². The summed E-state index contributed by atoms with van der Waals surface area (Å²) in [5, 5.41) is 0. The Balaban J connectivity index is 1.98. The van der Waals surface area contributed by atoms with Crippen LogP contribution in [0.15, 0.2) is 29.2 Å². The van der Waals surface area contributed by atoms with Gasteiger partial charge in [0.15, 0.2) is 0 Å². The molecule has 0 aromatic heterocycles. The number of hydrogen-bond donors (Lipinski definition) is 2. The van der Waals surface area contributed by atoms with Gasteiger partial charge in [-0.05, 0) is 49.9 Å². The lowest BCUT2D eigenvalue weighted by molar-refractivity contribution is -0.134. The number of carbonyl (C=O) groups excluding carboxylic acids is 1. The van der Waals surface area contributed by atoms with Gasteiger partial charge in [0.1, 0.15) is 5.75 Å². The average Bonchev–Trinajstić information content (AvgIpc) is 2.65. The Kier molecular flexibility index (Phi) is 7.43. The molecular formula is C17H27N3O6S2. The Morgan fingerprint density at radius 2 is 1.89 bits per heavy atom. The topological polar surface area (TPSA) is 122 Å². The number of ether oxygens (including phenoxy) is 1. The van der Waals surface area contributed by atoms with Gasteiger partial charge in [-0.15, -0.1) is 0 Å². The highest BCUT2D eigenvalue weighted by atomic mass is 32.2. The summed E-state index contributed by atoms with van der Waals surface area (Å²) >= 11 is 0. The fraction of sp³-hybridized carbons (Fsp3) is 0.588. The molecule has 11 heteroatoms. The average molecular weight is 434 g/mol. The van der Waals surface area contributed by atoms with E-state index in [0.717, 1.165) is 19.1 Å². The largest absolute Gasteiger partial charge is 0.497 e. The van der Waals surface area contributed by atoms with E-state index in [1.54, 1.807) is 4.90 Å². The van der Waals surface area contributed by atoms with E-state index in [-0.39, 0.29) is 23.3 Å². The molecule has 2 rings (SSSR count). The van der Waals surface area contributed by atoms with Crippen molar-refractivity contribution in [1.29, 1.82) is 0 Å². The van der Waals surface area contributed by atoms with E-state index in [0.29, 0.717) is 18.8 Å². The van der Waals surface area contributed by atoms with Crippen molar-refractivity contribution in [2.24, 2.45) is 5.92 Å². The molecule has 9 nitrogen and oxygen atoms in total. The first-order valence-corrected chi connectivity index (χ1v) is 12.3. The van der Waals surface area contributed by atoms with E-state index in [2.05, 4.69) is 9.44 Å². The van der Waals surface area contributed by atoms with E-state index in [9.17, 15) is 21.6 Å². The van der Waals surface area contributed by atoms with Crippen LogP contribution in [0.25, 0.3) is 0 Å². The number of methoxy groups -OCH3 is 1. The van der Waals surface area contributed by atoms with Gasteiger partial charge in [0.05, 0.1) is 24.3 Å². The van der Waals surface area contributed by atoms with Gasteiger partial charge in [-0.1, -0.05) is 0 Å². The summed E-state index contributed by atoms with van der Waals surface area (Å²) in [6.45, 7) is 2.66. The highest BCUT2D eigenvalue weighted by Gasteiger charge is 2.29. The van der Waals surface area contributed by atoms with Crippen molar-refractivity contribution in [1.82, 2.24) is 14.3 Å². The third-order valence-corrected chi connectivity index (χ3v) is 6.78. The SMILES string of the molecule is COc1ccc(S(=O)(=O)N[C@@H](C)C(=O)N2CCCC(CNS(C)(=O)=O)C2)cc1. The minimum absolute atomic E-state index is 0.00202. The van der Waals surface area contributed by atoms with Gasteiger partial charge in [-0.25, -0.2) is 21.6 Å². The third kappa shape index (κ3) is 6.43. The molecule has 1 aliphatic rings. The maximum atomic E-state index is 12.7. The van der Waals surface area contributed by atoms with Gasteiger partial charge < -0.3 is 9.64 Å². The number of nitrogens with one attached hydrogen (secondary N) is 2. The lowest BCUT2D eigenvalue weighted by Crippen LogP contribution is -2.51. The molecule has 1 aromatic rings. The lowest BCUT2D eigenvalue weighted by Gasteiger charge is -2.34. The van der Waals surface area contributed by atoms with Crippen molar-refractivity contribution in [2.45, 2.75) is 30.7 Å². The third-order valence-electron chi connectivity index (χ3n) is 4.54. The molecule has 0 radical (unpaired) electrons. The van der Waals surface area contributed by atoms with Crippen LogP contribution in [0.2, 0.25) is 0 Å². The molecule has 2 N–H and O–H groups in total. The highest BCUT2D eigenvalue weighted by Crippen LogP contribution is 2.18. The maximum Gasteiger partial charge on any atom is 0.241 e. The number of rotatable bonds is 8. The first-order valence-electron chi connectivity index (χ1n) is 8.91. The summed E-state index contributed by atoms with van der Waals surface area (Å²) in [5.41, 5.74) is 0. The summed E-state index contributed by atoms with van der Waals surface area (Å²) in [4.78, 5) is 14.3. The normalized spacial score (nSPS) is 19.2. The second-order valence-corrected chi connectivity index (χ2v) is 10.5. The zero-order valence-corrected chi connectivity index (χ0v) is 17.8. The quantitative estimate of drug-likeness (QED) is 0.602. The Morgan fingerprint density at radius 1 is 1.25 bits per heavy atom. The standard InChI is InChI=1S/C17H27N3O6S2/c1-13(19-28(24,25)16-8-6-15(26-2)7-9-16)17(21)20-10-4-5-14(12-20)11-18-27(3,22)23/h6-9,13-14,18-19H,4-5,10-12H2,1-3H3/t13-,14?/m0/s1. The summed E-state index contributed by atoms with van der Waals surface area (Å²) in [6, 6.07) is 4.95. The van der Waals surface area contributed by atoms with Crippen molar-refractivity contribution >= 4 is 26.0 Å². The van der Waals surface area contributed by atoms with Crippen molar-refractivity contribution in [2.75, 3.05) is 33.0 Å². The van der Waals surface area contributed by atoms with Gasteiger partial charge in [-0.2, -0.15) is 4.72 Å². The number of likely N-dealkylation sites (tertiary alicyclic amines) is 1. The van der Waals surface area contributed by atoms with Crippen LogP contribution in [0.5, 0.6) is 5.75 Å². The van der Waals surface area contributed by atoms with Crippen molar-refractivity contribution in [3.05, 3.63) is 24.3 Å². The maximum absolute atomic E-state index is 12.7. The van der Waals surface area contributed by atoms with E-state index in [4.69, 9.17) is 4.74 Å². The molecule has 0 saturated carbocycles. The van der Waals surface area contributed by atoms with Crippen LogP contribution in [0.1, 0.15) is 19.8 Å². The molecule has 1 fully saturated rings. The van der Waals surface area contributed by atoms with Gasteiger partial charge in [-0.3, -0.25) is 4.79 Å². The molecule has 28 heavy (non-hydrogen) atoms. The number of hydrogen-bond acceptors (Lipinski definition) is 6. The molecule has 1 heterocycles. The Morgan fingerprint density at radius 3 is 2.46 bits per heavy atom. The van der Waals surface area contributed by atoms with Crippen molar-refractivity contribution in [3.8, 4) is 5.75 Å². The number of nitrogens with zero attached hydrogens (tertiary/aromatic N) is 1. The van der Waals surface area contributed by atoms with Crippen LogP contribution in [0.3, 0.4) is 0 Å². The summed E-state index contributed by atoms with van der Waals surface area (Å²) in [5.74, 6) is 0.198. The summed E-state index contributed by atoms with van der Waals surface area (Å²) < 4.78 is 57.4. The molecule has 0 spiro atoms. The second-order valence-electron chi connectivity index (χ2n) is 6.93. The van der Waals surface area contributed by atoms with E-state index in [1.807, 2.05) is 0 Å². The molecule has 1 amide bonds. The van der Waals surface area contributed by atoms with Crippen LogP contribution in [0.4, 0.5) is 0 Å². The summed E-state index contributed by atoms with van der Waals surface area (Å²) in [6.07, 6.45) is 2.63. The fourth-order valence-corrected chi connectivity index (χ4v) is 4.82. The van der Waals surface area contributed by atoms with Crippen LogP contribution in [-0.4, -0.2) is 66.7 Å². The molecule has 1 saturated heterocycles. The predicted molar refractivity (Wildman–Crippen MR) is 105 cm³/mol. The molecule has 0 aliphatic carbocycles. The molecule has 158 valence electrons. The molecule has 1 aliphatic heterocycles. The first-order chi connectivity index (χ1) is 13.0. The Bertz CT molecular complexity index is 884. The van der Waals surface area contributed by atoms with Gasteiger partial charge in [0.25, 0.3) is 0 Å². The minimum Gasteiger partial charge on any atom is -0.497 e. The molecule has 1 unspecified atom stereocenters. The first kappa shape index (κ1) is 22.6. The minimum atomic E-state index is -3.86. The molecular weight excluding hydrogens is 406 g/mol. The molecule has 0 bridgehead atoms. The van der Waals surface area contributed by atoms with Crippen LogP contribution in [-0.2, 0) is 24.8 Å². The summed E-state index contributed by atoms with van der Waals surface area (Å²) in [7, 11) is -5.66. The van der Waals surface area contributed by atoms with Gasteiger partial charge in [0.2, 0.25) is 26.0 Å². The number of benzene rings is 1. The highest BCUT2D eigenvalue weighted by molar-refractivity contribution is 7.89. The number of amides is 1. The van der Waals surface area contributed by atoms with Gasteiger partial charge in [0, 0.05) is 19.6 Å². The number of sulfonamides is 2. The number of piperidine rings is 1. The Hall–Kier alpha value is -1.69. The smallest absolute Gasteiger partial charge is 0.241 e. The lowest BCUT2D eigenvalue weighted by atomic mass is 9.98. The van der Waals surface area contributed by atoms with E-state index >= 15 is 0 Å². The van der Waals surface area contributed by atoms with Crippen LogP contribution >= 0.6 is 0 Å². The number of carbonyl (C=O) groups is 1. The molecule has 2 atom stereocenters. The van der Waals surface area contributed by atoms with Gasteiger partial charge >= 0.3 is 0 Å². The second kappa shape index (κ2) is 9.21. The van der Waals surface area contributed by atoms with Crippen molar-refractivity contribution in [3.63, 3.8) is 0 Å². The zero-order valence-electron chi connectivity index (χ0n) is 16.2. The van der Waals surface area contributed by atoms with Crippen molar-refractivity contribution < 1.29 is 26.4 Å². The van der Waals surface area contributed by atoms with E-state index in [1.165, 1.54) is 38.3 Å². The van der Waals surface area contributed by atoms with Crippen LogP contribution in [0, 0.1) is 5.92 Å². The van der Waals surface area contributed by atoms with Crippen LogP contribution < -0.4 is 14.2 Å². The van der Waals surface area contributed by atoms with E-state index < -0.39 is 26.1 Å².